The lowest BCUT2D eigenvalue weighted by Crippen LogP contribution is -2.04. The third-order valence-corrected chi connectivity index (χ3v) is 4.08. The van der Waals surface area contributed by atoms with Crippen molar-refractivity contribution in [3.8, 4) is 23.0 Å². The third-order valence-electron chi connectivity index (χ3n) is 4.08. The van der Waals surface area contributed by atoms with E-state index in [9.17, 15) is 4.79 Å². The fourth-order valence-corrected chi connectivity index (χ4v) is 2.90. The highest BCUT2D eigenvalue weighted by atomic mass is 16.5. The Morgan fingerprint density at radius 1 is 0.846 bits per heavy atom. The number of carbonyl (C=O) groups excluding carboxylic acids is 1. The summed E-state index contributed by atoms with van der Waals surface area (Å²) in [6.07, 6.45) is 3.86. The molecule has 0 fully saturated rings. The monoisotopic (exact) mass is 356 g/mol. The Labute approximate surface area is 154 Å². The zero-order valence-electron chi connectivity index (χ0n) is 15.8. The van der Waals surface area contributed by atoms with Crippen molar-refractivity contribution in [3.63, 3.8) is 0 Å². The Morgan fingerprint density at radius 3 is 1.92 bits per heavy atom. The zero-order chi connectivity index (χ0) is 19.1. The molecule has 0 aromatic heterocycles. The van der Waals surface area contributed by atoms with Crippen LogP contribution in [0.5, 0.6) is 23.0 Å². The molecule has 0 saturated carbocycles. The largest absolute Gasteiger partial charge is 0.496 e. The van der Waals surface area contributed by atoms with Gasteiger partial charge in [-0.3, -0.25) is 4.79 Å². The molecule has 138 valence electrons. The minimum atomic E-state index is -0.109. The van der Waals surface area contributed by atoms with E-state index < -0.39 is 0 Å². The first-order chi connectivity index (χ1) is 12.6. The molecule has 0 aliphatic heterocycles. The van der Waals surface area contributed by atoms with Crippen molar-refractivity contribution in [3.05, 3.63) is 53.1 Å². The van der Waals surface area contributed by atoms with Crippen LogP contribution in [0, 0.1) is 0 Å². The minimum Gasteiger partial charge on any atom is -0.496 e. The molecule has 0 amide bonds. The number of hydrogen-bond donors (Lipinski definition) is 0. The van der Waals surface area contributed by atoms with Gasteiger partial charge in [-0.25, -0.2) is 0 Å². The Hall–Kier alpha value is -2.95. The Kier molecular flexibility index (Phi) is 6.67. The molecule has 0 radical (unpaired) electrons. The van der Waals surface area contributed by atoms with Crippen LogP contribution in [0.2, 0.25) is 0 Å². The number of allylic oxidation sites excluding steroid dienone is 1. The highest BCUT2D eigenvalue weighted by Crippen LogP contribution is 2.49. The van der Waals surface area contributed by atoms with Crippen molar-refractivity contribution in [2.45, 2.75) is 13.3 Å². The Morgan fingerprint density at radius 2 is 1.42 bits per heavy atom. The fourth-order valence-electron chi connectivity index (χ4n) is 2.90. The molecule has 0 spiro atoms. The molecule has 0 aliphatic rings. The van der Waals surface area contributed by atoms with Crippen LogP contribution in [0.4, 0.5) is 0 Å². The summed E-state index contributed by atoms with van der Waals surface area (Å²) < 4.78 is 22.2. The summed E-state index contributed by atoms with van der Waals surface area (Å²) in [4.78, 5) is 12.4. The van der Waals surface area contributed by atoms with E-state index in [1.807, 2.05) is 25.1 Å². The normalized spacial score (nSPS) is 10.7. The van der Waals surface area contributed by atoms with E-state index in [1.54, 1.807) is 46.6 Å². The molecule has 0 aliphatic carbocycles. The van der Waals surface area contributed by atoms with Crippen molar-refractivity contribution in [2.24, 2.45) is 0 Å². The number of benzene rings is 2. The standard InChI is InChI=1S/C21H24O5/c1-6-15-18(23-2)16(20(25-4)21(26-5)19(15)24-3)12-13-17(22)14-10-8-7-9-11-14/h7-13H,6H2,1-5H3. The number of methoxy groups -OCH3 is 4. The maximum atomic E-state index is 12.4. The van der Waals surface area contributed by atoms with Gasteiger partial charge in [-0.05, 0) is 18.6 Å². The molecule has 0 heterocycles. The molecule has 0 N–H and O–H groups in total. The molecular formula is C21H24O5. The van der Waals surface area contributed by atoms with Crippen LogP contribution in [-0.2, 0) is 6.42 Å². The second-order valence-corrected chi connectivity index (χ2v) is 5.44. The molecule has 2 aromatic carbocycles. The molecule has 2 rings (SSSR count). The predicted molar refractivity (Wildman–Crippen MR) is 102 cm³/mol. The van der Waals surface area contributed by atoms with Gasteiger partial charge in [-0.1, -0.05) is 37.3 Å². The van der Waals surface area contributed by atoms with Crippen LogP contribution in [-0.4, -0.2) is 34.2 Å². The topological polar surface area (TPSA) is 54.0 Å². The summed E-state index contributed by atoms with van der Waals surface area (Å²) in [5.41, 5.74) is 2.09. The lowest BCUT2D eigenvalue weighted by molar-refractivity contribution is 0.104. The van der Waals surface area contributed by atoms with Crippen LogP contribution >= 0.6 is 0 Å². The van der Waals surface area contributed by atoms with Crippen molar-refractivity contribution in [2.75, 3.05) is 28.4 Å². The van der Waals surface area contributed by atoms with Crippen molar-refractivity contribution < 1.29 is 23.7 Å². The van der Waals surface area contributed by atoms with Gasteiger partial charge in [0.15, 0.2) is 17.3 Å². The van der Waals surface area contributed by atoms with E-state index in [4.69, 9.17) is 18.9 Å². The highest BCUT2D eigenvalue weighted by molar-refractivity contribution is 6.07. The molecule has 0 unspecified atom stereocenters. The molecular weight excluding hydrogens is 332 g/mol. The van der Waals surface area contributed by atoms with E-state index in [1.165, 1.54) is 6.08 Å². The van der Waals surface area contributed by atoms with Crippen LogP contribution in [0.3, 0.4) is 0 Å². The summed E-state index contributed by atoms with van der Waals surface area (Å²) in [6.45, 7) is 1.99. The SMILES string of the molecule is CCc1c(OC)c(C=CC(=O)c2ccccc2)c(OC)c(OC)c1OC. The average Bonchev–Trinajstić information content (AvgIpc) is 2.70. The molecule has 0 atom stereocenters. The fraction of sp³-hybridized carbons (Fsp3) is 0.286. The number of rotatable bonds is 8. The molecule has 5 heteroatoms. The van der Waals surface area contributed by atoms with Gasteiger partial charge in [-0.2, -0.15) is 0 Å². The summed E-state index contributed by atoms with van der Waals surface area (Å²) in [5.74, 6) is 1.98. The van der Waals surface area contributed by atoms with E-state index in [0.717, 1.165) is 5.56 Å². The Balaban J connectivity index is 2.62. The first-order valence-corrected chi connectivity index (χ1v) is 8.29. The minimum absolute atomic E-state index is 0.109. The van der Waals surface area contributed by atoms with E-state index in [-0.39, 0.29) is 5.78 Å². The van der Waals surface area contributed by atoms with Crippen LogP contribution in [0.15, 0.2) is 36.4 Å². The number of ketones is 1. The van der Waals surface area contributed by atoms with Gasteiger partial charge in [0.25, 0.3) is 0 Å². The summed E-state index contributed by atoms with van der Waals surface area (Å²) in [5, 5.41) is 0. The van der Waals surface area contributed by atoms with Gasteiger partial charge in [0.2, 0.25) is 5.75 Å². The second kappa shape index (κ2) is 8.94. The number of ether oxygens (including phenoxy) is 4. The van der Waals surface area contributed by atoms with E-state index in [2.05, 4.69) is 0 Å². The Bertz CT molecular complexity index is 761. The van der Waals surface area contributed by atoms with Crippen molar-refractivity contribution in [1.29, 1.82) is 0 Å². The van der Waals surface area contributed by atoms with Crippen molar-refractivity contribution >= 4 is 11.9 Å². The first-order valence-electron chi connectivity index (χ1n) is 8.29. The second-order valence-electron chi connectivity index (χ2n) is 5.44. The van der Waals surface area contributed by atoms with Gasteiger partial charge in [-0.15, -0.1) is 0 Å². The third kappa shape index (κ3) is 3.67. The molecule has 0 bridgehead atoms. The van der Waals surface area contributed by atoms with Crippen molar-refractivity contribution in [1.82, 2.24) is 0 Å². The van der Waals surface area contributed by atoms with Crippen LogP contribution < -0.4 is 18.9 Å². The predicted octanol–water partition coefficient (Wildman–Crippen LogP) is 4.18. The van der Waals surface area contributed by atoms with E-state index >= 15 is 0 Å². The highest BCUT2D eigenvalue weighted by Gasteiger charge is 2.25. The molecule has 0 saturated heterocycles. The lowest BCUT2D eigenvalue weighted by atomic mass is 10.0. The maximum Gasteiger partial charge on any atom is 0.204 e. The first kappa shape index (κ1) is 19.4. The zero-order valence-corrected chi connectivity index (χ0v) is 15.8. The summed E-state index contributed by atoms with van der Waals surface area (Å²) in [7, 11) is 6.24. The quantitative estimate of drug-likeness (QED) is 0.525. The van der Waals surface area contributed by atoms with Gasteiger partial charge in [0.1, 0.15) is 5.75 Å². The number of carbonyl (C=O) groups is 1. The summed E-state index contributed by atoms with van der Waals surface area (Å²) in [6, 6.07) is 9.07. The molecule has 2 aromatic rings. The molecule has 26 heavy (non-hydrogen) atoms. The summed E-state index contributed by atoms with van der Waals surface area (Å²) >= 11 is 0. The van der Waals surface area contributed by atoms with Crippen LogP contribution in [0.25, 0.3) is 6.08 Å². The van der Waals surface area contributed by atoms with Gasteiger partial charge >= 0.3 is 0 Å². The lowest BCUT2D eigenvalue weighted by Gasteiger charge is -2.21. The van der Waals surface area contributed by atoms with Gasteiger partial charge in [0, 0.05) is 11.1 Å². The smallest absolute Gasteiger partial charge is 0.204 e. The maximum absolute atomic E-state index is 12.4. The van der Waals surface area contributed by atoms with Crippen LogP contribution in [0.1, 0.15) is 28.4 Å². The molecule has 5 nitrogen and oxygen atoms in total. The van der Waals surface area contributed by atoms with Gasteiger partial charge in [0.05, 0.1) is 34.0 Å². The number of hydrogen-bond acceptors (Lipinski definition) is 5. The van der Waals surface area contributed by atoms with E-state index in [0.29, 0.717) is 40.5 Å². The average molecular weight is 356 g/mol. The van der Waals surface area contributed by atoms with Gasteiger partial charge < -0.3 is 18.9 Å².